The highest BCUT2D eigenvalue weighted by atomic mass is 16.5. The molecule has 4 aromatic rings. The van der Waals surface area contributed by atoms with E-state index in [9.17, 15) is 0 Å². The molecule has 26 heavy (non-hydrogen) atoms. The Labute approximate surface area is 150 Å². The summed E-state index contributed by atoms with van der Waals surface area (Å²) in [7, 11) is 0. The molecule has 0 saturated carbocycles. The fourth-order valence-corrected chi connectivity index (χ4v) is 3.59. The van der Waals surface area contributed by atoms with Crippen molar-refractivity contribution in [3.05, 3.63) is 60.4 Å². The van der Waals surface area contributed by atoms with Crippen LogP contribution in [0.3, 0.4) is 0 Å². The van der Waals surface area contributed by atoms with Gasteiger partial charge in [-0.05, 0) is 42.3 Å². The van der Waals surface area contributed by atoms with Crippen LogP contribution in [0.5, 0.6) is 0 Å². The number of piperidine rings is 1. The number of fused-ring (bicyclic) bond motifs is 1. The van der Waals surface area contributed by atoms with Gasteiger partial charge in [0, 0.05) is 24.6 Å². The number of aromatic amines is 1. The second-order valence-corrected chi connectivity index (χ2v) is 6.69. The maximum Gasteiger partial charge on any atom is 0.266 e. The molecular weight excluding hydrogens is 326 g/mol. The summed E-state index contributed by atoms with van der Waals surface area (Å²) >= 11 is 0. The number of imidazole rings is 1. The average Bonchev–Trinajstić information content (AvgIpc) is 3.36. The molecular formula is C20H19N5O. The Morgan fingerprint density at radius 3 is 2.73 bits per heavy atom. The first-order valence-corrected chi connectivity index (χ1v) is 8.95. The highest BCUT2D eigenvalue weighted by Gasteiger charge is 2.26. The summed E-state index contributed by atoms with van der Waals surface area (Å²) in [5.41, 5.74) is 3.05. The van der Waals surface area contributed by atoms with Gasteiger partial charge in [-0.3, -0.25) is 0 Å². The van der Waals surface area contributed by atoms with Gasteiger partial charge in [0.1, 0.15) is 5.82 Å². The largest absolute Gasteiger partial charge is 0.342 e. The first-order valence-electron chi connectivity index (χ1n) is 8.95. The van der Waals surface area contributed by atoms with E-state index >= 15 is 0 Å². The topological polar surface area (TPSA) is 70.8 Å². The Hall–Kier alpha value is -3.15. The minimum absolute atomic E-state index is 0.342. The standard InChI is InChI=1S/C20H19N5O/c1-2-7-14(8-3-1)19-23-20(24-26-19)25-12-6-9-15(13-25)18-21-16-10-4-5-11-17(16)22-18/h1-5,7-8,10-11,15H,6,9,12-13H2,(H,21,22)/t15-/m0/s1. The number of anilines is 1. The number of aromatic nitrogens is 4. The fraction of sp³-hybridized carbons (Fsp3) is 0.250. The lowest BCUT2D eigenvalue weighted by atomic mass is 9.98. The van der Waals surface area contributed by atoms with Crippen LogP contribution in [0, 0.1) is 0 Å². The lowest BCUT2D eigenvalue weighted by Crippen LogP contribution is -2.35. The normalized spacial score (nSPS) is 17.7. The molecule has 0 radical (unpaired) electrons. The Kier molecular flexibility index (Phi) is 3.66. The van der Waals surface area contributed by atoms with Crippen molar-refractivity contribution in [2.45, 2.75) is 18.8 Å². The zero-order valence-electron chi connectivity index (χ0n) is 14.3. The number of nitrogens with zero attached hydrogens (tertiary/aromatic N) is 4. The Morgan fingerprint density at radius 2 is 1.85 bits per heavy atom. The maximum absolute atomic E-state index is 5.47. The highest BCUT2D eigenvalue weighted by molar-refractivity contribution is 5.74. The van der Waals surface area contributed by atoms with Gasteiger partial charge in [0.05, 0.1) is 11.0 Å². The number of para-hydroxylation sites is 2. The van der Waals surface area contributed by atoms with Gasteiger partial charge < -0.3 is 14.4 Å². The fourth-order valence-electron chi connectivity index (χ4n) is 3.59. The molecule has 0 aliphatic carbocycles. The van der Waals surface area contributed by atoms with Crippen LogP contribution < -0.4 is 4.90 Å². The van der Waals surface area contributed by atoms with Crippen LogP contribution >= 0.6 is 0 Å². The van der Waals surface area contributed by atoms with Crippen LogP contribution in [0.4, 0.5) is 5.95 Å². The molecule has 5 rings (SSSR count). The third kappa shape index (κ3) is 2.73. The van der Waals surface area contributed by atoms with Crippen molar-refractivity contribution >= 4 is 17.0 Å². The third-order valence-corrected chi connectivity index (χ3v) is 4.93. The Morgan fingerprint density at radius 1 is 1.00 bits per heavy atom. The van der Waals surface area contributed by atoms with E-state index in [2.05, 4.69) is 26.1 Å². The maximum atomic E-state index is 5.47. The van der Waals surface area contributed by atoms with Crippen molar-refractivity contribution in [3.63, 3.8) is 0 Å². The quantitative estimate of drug-likeness (QED) is 0.608. The number of H-pyrrole nitrogens is 1. The molecule has 1 aliphatic heterocycles. The van der Waals surface area contributed by atoms with Crippen LogP contribution in [0.1, 0.15) is 24.6 Å². The van der Waals surface area contributed by atoms with Gasteiger partial charge in [0.25, 0.3) is 11.8 Å². The summed E-state index contributed by atoms with van der Waals surface area (Å²) in [6.45, 7) is 1.78. The summed E-state index contributed by atoms with van der Waals surface area (Å²) < 4.78 is 5.47. The molecule has 0 spiro atoms. The van der Waals surface area contributed by atoms with E-state index < -0.39 is 0 Å². The third-order valence-electron chi connectivity index (χ3n) is 4.93. The van der Waals surface area contributed by atoms with Crippen molar-refractivity contribution < 1.29 is 4.52 Å². The predicted molar refractivity (Wildman–Crippen MR) is 100 cm³/mol. The van der Waals surface area contributed by atoms with Crippen LogP contribution in [0.2, 0.25) is 0 Å². The van der Waals surface area contributed by atoms with Crippen molar-refractivity contribution in [2.75, 3.05) is 18.0 Å². The monoisotopic (exact) mass is 345 g/mol. The van der Waals surface area contributed by atoms with Crippen LogP contribution in [0.25, 0.3) is 22.5 Å². The van der Waals surface area contributed by atoms with Crippen LogP contribution in [-0.4, -0.2) is 33.2 Å². The average molecular weight is 345 g/mol. The molecule has 6 nitrogen and oxygen atoms in total. The molecule has 2 aromatic heterocycles. The second-order valence-electron chi connectivity index (χ2n) is 6.69. The Bertz CT molecular complexity index is 990. The van der Waals surface area contributed by atoms with Gasteiger partial charge in [-0.2, -0.15) is 4.98 Å². The lowest BCUT2D eigenvalue weighted by Gasteiger charge is -2.30. The minimum Gasteiger partial charge on any atom is -0.342 e. The van der Waals surface area contributed by atoms with Gasteiger partial charge in [-0.1, -0.05) is 30.3 Å². The molecule has 1 fully saturated rings. The summed E-state index contributed by atoms with van der Waals surface area (Å²) in [6.07, 6.45) is 2.19. The molecule has 1 aliphatic rings. The highest BCUT2D eigenvalue weighted by Crippen LogP contribution is 2.29. The van der Waals surface area contributed by atoms with E-state index in [0.29, 0.717) is 17.8 Å². The second kappa shape index (κ2) is 6.29. The SMILES string of the molecule is c1ccc(-c2nc(N3CCC[C@H](c4nc5ccccc5[nH]4)C3)no2)cc1. The van der Waals surface area contributed by atoms with E-state index in [4.69, 9.17) is 9.51 Å². The molecule has 3 heterocycles. The van der Waals surface area contributed by atoms with E-state index in [-0.39, 0.29) is 0 Å². The van der Waals surface area contributed by atoms with Crippen molar-refractivity contribution in [3.8, 4) is 11.5 Å². The number of benzene rings is 2. The van der Waals surface area contributed by atoms with E-state index in [1.54, 1.807) is 0 Å². The molecule has 2 aromatic carbocycles. The molecule has 0 amide bonds. The molecule has 1 atom stereocenters. The minimum atomic E-state index is 0.342. The number of rotatable bonds is 3. The van der Waals surface area contributed by atoms with Crippen molar-refractivity contribution in [2.24, 2.45) is 0 Å². The summed E-state index contributed by atoms with van der Waals surface area (Å²) in [5, 5.41) is 4.20. The van der Waals surface area contributed by atoms with Gasteiger partial charge in [-0.15, -0.1) is 0 Å². The van der Waals surface area contributed by atoms with Gasteiger partial charge >= 0.3 is 0 Å². The van der Waals surface area contributed by atoms with Crippen LogP contribution in [-0.2, 0) is 0 Å². The van der Waals surface area contributed by atoms with Crippen molar-refractivity contribution in [1.29, 1.82) is 0 Å². The first kappa shape index (κ1) is 15.1. The van der Waals surface area contributed by atoms with Gasteiger partial charge in [-0.25, -0.2) is 4.98 Å². The number of hydrogen-bond donors (Lipinski definition) is 1. The molecule has 1 N–H and O–H groups in total. The zero-order chi connectivity index (χ0) is 17.3. The van der Waals surface area contributed by atoms with Crippen molar-refractivity contribution in [1.82, 2.24) is 20.1 Å². The predicted octanol–water partition coefficient (Wildman–Crippen LogP) is 4.00. The Balaban J connectivity index is 1.38. The molecule has 1 saturated heterocycles. The van der Waals surface area contributed by atoms with E-state index in [1.807, 2.05) is 48.5 Å². The summed E-state index contributed by atoms with van der Waals surface area (Å²) in [6, 6.07) is 18.0. The van der Waals surface area contributed by atoms with E-state index in [1.165, 1.54) is 0 Å². The molecule has 6 heteroatoms. The lowest BCUT2D eigenvalue weighted by molar-refractivity contribution is 0.422. The smallest absolute Gasteiger partial charge is 0.266 e. The van der Waals surface area contributed by atoms with Crippen LogP contribution in [0.15, 0.2) is 59.1 Å². The summed E-state index contributed by atoms with van der Waals surface area (Å²) in [4.78, 5) is 15.0. The number of nitrogens with one attached hydrogen (secondary N) is 1. The summed E-state index contributed by atoms with van der Waals surface area (Å²) in [5.74, 6) is 2.61. The van der Waals surface area contributed by atoms with E-state index in [0.717, 1.165) is 48.4 Å². The first-order chi connectivity index (χ1) is 12.9. The zero-order valence-corrected chi connectivity index (χ0v) is 14.3. The molecule has 130 valence electrons. The molecule has 0 unspecified atom stereocenters. The molecule has 0 bridgehead atoms. The number of hydrogen-bond acceptors (Lipinski definition) is 5. The van der Waals surface area contributed by atoms with Gasteiger partial charge in [0.15, 0.2) is 0 Å². The van der Waals surface area contributed by atoms with Gasteiger partial charge in [0.2, 0.25) is 0 Å².